The van der Waals surface area contributed by atoms with Crippen LogP contribution in [0.1, 0.15) is 25.1 Å². The van der Waals surface area contributed by atoms with Crippen molar-refractivity contribution in [1.29, 1.82) is 0 Å². The molecule has 0 saturated heterocycles. The Balaban J connectivity index is 2.29. The minimum absolute atomic E-state index is 0.0780. The number of hydrogen-bond acceptors (Lipinski definition) is 5. The molecule has 1 aromatic heterocycles. The van der Waals surface area contributed by atoms with Crippen LogP contribution >= 0.6 is 11.3 Å². The highest BCUT2D eigenvalue weighted by Crippen LogP contribution is 2.24. The van der Waals surface area contributed by atoms with Crippen molar-refractivity contribution in [1.82, 2.24) is 10.2 Å². The summed E-state index contributed by atoms with van der Waals surface area (Å²) in [7, 11) is 0. The number of hydrogen-bond donors (Lipinski definition) is 1. The second-order valence-electron chi connectivity index (χ2n) is 4.44. The highest BCUT2D eigenvalue weighted by Gasteiger charge is 2.07. The van der Waals surface area contributed by atoms with E-state index >= 15 is 0 Å². The van der Waals surface area contributed by atoms with Gasteiger partial charge in [-0.3, -0.25) is 14.9 Å². The van der Waals surface area contributed by atoms with E-state index in [-0.39, 0.29) is 10.9 Å². The van der Waals surface area contributed by atoms with E-state index in [0.717, 1.165) is 37.4 Å². The molecule has 1 N–H and O–H groups in total. The molecule has 6 nitrogen and oxygen atoms in total. The largest absolute Gasteiger partial charge is 0.353 e. The number of nitrogens with zero attached hydrogens (tertiary/aromatic N) is 2. The predicted molar refractivity (Wildman–Crippen MR) is 85.4 cm³/mol. The van der Waals surface area contributed by atoms with Crippen LogP contribution in [0.15, 0.2) is 18.2 Å². The SMILES string of the molecule is CCN(CC)CCCNC(=O)/C=C/c1ccc([N+](=O)[O-])s1. The van der Waals surface area contributed by atoms with Gasteiger partial charge in [0, 0.05) is 23.6 Å². The van der Waals surface area contributed by atoms with Crippen molar-refractivity contribution in [3.8, 4) is 0 Å². The first-order valence-corrected chi connectivity index (χ1v) is 7.81. The van der Waals surface area contributed by atoms with E-state index in [2.05, 4.69) is 24.1 Å². The van der Waals surface area contributed by atoms with Crippen LogP contribution < -0.4 is 5.32 Å². The Bertz CT molecular complexity index is 495. The van der Waals surface area contributed by atoms with Gasteiger partial charge in [-0.1, -0.05) is 25.2 Å². The van der Waals surface area contributed by atoms with Crippen LogP contribution in [0.2, 0.25) is 0 Å². The number of rotatable bonds is 9. The van der Waals surface area contributed by atoms with Gasteiger partial charge < -0.3 is 10.2 Å². The van der Waals surface area contributed by atoms with Gasteiger partial charge in [0.15, 0.2) is 0 Å². The van der Waals surface area contributed by atoms with Crippen molar-refractivity contribution in [3.05, 3.63) is 33.2 Å². The molecule has 1 aromatic rings. The average Bonchev–Trinajstić information content (AvgIpc) is 2.94. The van der Waals surface area contributed by atoms with Gasteiger partial charge in [-0.25, -0.2) is 0 Å². The zero-order valence-corrected chi connectivity index (χ0v) is 13.2. The lowest BCUT2D eigenvalue weighted by Crippen LogP contribution is -2.29. The van der Waals surface area contributed by atoms with E-state index in [9.17, 15) is 14.9 Å². The summed E-state index contributed by atoms with van der Waals surface area (Å²) >= 11 is 1.05. The molecular formula is C14H21N3O3S. The Kier molecular flexibility index (Phi) is 7.63. The first-order valence-electron chi connectivity index (χ1n) is 6.99. The maximum atomic E-state index is 11.6. The molecule has 0 aliphatic rings. The molecule has 0 bridgehead atoms. The molecule has 0 saturated carbocycles. The molecule has 1 rings (SSSR count). The van der Waals surface area contributed by atoms with E-state index < -0.39 is 4.92 Å². The van der Waals surface area contributed by atoms with Crippen LogP contribution in [0.4, 0.5) is 5.00 Å². The van der Waals surface area contributed by atoms with Gasteiger partial charge in [-0.05, 0) is 38.2 Å². The molecular weight excluding hydrogens is 290 g/mol. The van der Waals surface area contributed by atoms with Crippen molar-refractivity contribution in [2.75, 3.05) is 26.2 Å². The highest BCUT2D eigenvalue weighted by atomic mass is 32.1. The third kappa shape index (κ3) is 6.50. The van der Waals surface area contributed by atoms with E-state index in [4.69, 9.17) is 0 Å². The van der Waals surface area contributed by atoms with Crippen LogP contribution in [-0.4, -0.2) is 41.9 Å². The Labute approximate surface area is 128 Å². The van der Waals surface area contributed by atoms with E-state index in [0.29, 0.717) is 11.4 Å². The summed E-state index contributed by atoms with van der Waals surface area (Å²) in [5.41, 5.74) is 0. The fourth-order valence-corrected chi connectivity index (χ4v) is 2.53. The van der Waals surface area contributed by atoms with E-state index in [1.54, 1.807) is 12.1 Å². The van der Waals surface area contributed by atoms with E-state index in [1.807, 2.05) is 0 Å². The molecule has 116 valence electrons. The molecule has 0 aliphatic carbocycles. The molecule has 0 aliphatic heterocycles. The minimum Gasteiger partial charge on any atom is -0.353 e. The monoisotopic (exact) mass is 311 g/mol. The molecule has 1 amide bonds. The maximum absolute atomic E-state index is 11.6. The topological polar surface area (TPSA) is 75.5 Å². The lowest BCUT2D eigenvalue weighted by atomic mass is 10.3. The number of nitro groups is 1. The van der Waals surface area contributed by atoms with Gasteiger partial charge in [0.25, 0.3) is 0 Å². The summed E-state index contributed by atoms with van der Waals surface area (Å²) in [5, 5.41) is 13.4. The second kappa shape index (κ2) is 9.25. The molecule has 0 atom stereocenters. The van der Waals surface area contributed by atoms with Crippen LogP contribution in [0.3, 0.4) is 0 Å². The number of carbonyl (C=O) groups is 1. The number of carbonyl (C=O) groups excluding carboxylic acids is 1. The Morgan fingerprint density at radius 2 is 2.14 bits per heavy atom. The summed E-state index contributed by atoms with van der Waals surface area (Å²) in [6.45, 7) is 7.86. The fraction of sp³-hybridized carbons (Fsp3) is 0.500. The molecule has 0 fully saturated rings. The fourth-order valence-electron chi connectivity index (χ4n) is 1.80. The molecule has 0 unspecified atom stereocenters. The van der Waals surface area contributed by atoms with Crippen molar-refractivity contribution >= 4 is 28.3 Å². The normalized spacial score (nSPS) is 11.2. The van der Waals surface area contributed by atoms with Crippen molar-refractivity contribution in [3.63, 3.8) is 0 Å². The molecule has 21 heavy (non-hydrogen) atoms. The zero-order valence-electron chi connectivity index (χ0n) is 12.4. The third-order valence-electron chi connectivity index (χ3n) is 3.04. The van der Waals surface area contributed by atoms with Gasteiger partial charge in [0.05, 0.1) is 4.92 Å². The van der Waals surface area contributed by atoms with Gasteiger partial charge in [0.2, 0.25) is 5.91 Å². The lowest BCUT2D eigenvalue weighted by molar-refractivity contribution is -0.380. The quantitative estimate of drug-likeness (QED) is 0.329. The number of nitrogens with one attached hydrogen (secondary N) is 1. The van der Waals surface area contributed by atoms with Gasteiger partial charge in [0.1, 0.15) is 0 Å². The lowest BCUT2D eigenvalue weighted by Gasteiger charge is -2.17. The molecule has 0 aromatic carbocycles. The number of amides is 1. The predicted octanol–water partition coefficient (Wildman–Crippen LogP) is 2.52. The van der Waals surface area contributed by atoms with Crippen LogP contribution in [-0.2, 0) is 4.79 Å². The summed E-state index contributed by atoms with van der Waals surface area (Å²) in [6, 6.07) is 3.07. The Morgan fingerprint density at radius 1 is 1.43 bits per heavy atom. The van der Waals surface area contributed by atoms with Crippen molar-refractivity contribution in [2.24, 2.45) is 0 Å². The second-order valence-corrected chi connectivity index (χ2v) is 5.53. The van der Waals surface area contributed by atoms with Crippen molar-refractivity contribution in [2.45, 2.75) is 20.3 Å². The van der Waals surface area contributed by atoms with Gasteiger partial charge >= 0.3 is 5.00 Å². The summed E-state index contributed by atoms with van der Waals surface area (Å²) in [4.78, 5) is 24.7. The Morgan fingerprint density at radius 3 is 2.71 bits per heavy atom. The molecule has 0 spiro atoms. The van der Waals surface area contributed by atoms with Crippen molar-refractivity contribution < 1.29 is 9.72 Å². The smallest absolute Gasteiger partial charge is 0.324 e. The van der Waals surface area contributed by atoms with Gasteiger partial charge in [-0.2, -0.15) is 0 Å². The first kappa shape index (κ1) is 17.3. The van der Waals surface area contributed by atoms with Crippen LogP contribution in [0.5, 0.6) is 0 Å². The summed E-state index contributed by atoms with van der Waals surface area (Å²) < 4.78 is 0. The highest BCUT2D eigenvalue weighted by molar-refractivity contribution is 7.16. The summed E-state index contributed by atoms with van der Waals surface area (Å²) in [5.74, 6) is -0.175. The third-order valence-corrected chi connectivity index (χ3v) is 4.04. The van der Waals surface area contributed by atoms with E-state index in [1.165, 1.54) is 12.1 Å². The molecule has 1 heterocycles. The first-order chi connectivity index (χ1) is 10.1. The minimum atomic E-state index is -0.435. The number of thiophene rings is 1. The van der Waals surface area contributed by atoms with Gasteiger partial charge in [-0.15, -0.1) is 0 Å². The zero-order chi connectivity index (χ0) is 15.7. The standard InChI is InChI=1S/C14H21N3O3S/c1-3-16(4-2)11-5-10-15-13(18)8-6-12-7-9-14(21-12)17(19)20/h6-9H,3-5,10-11H2,1-2H3,(H,15,18)/b8-6+. The molecule has 7 heteroatoms. The maximum Gasteiger partial charge on any atom is 0.324 e. The Hall–Kier alpha value is -1.73. The van der Waals surface area contributed by atoms with Crippen LogP contribution in [0, 0.1) is 10.1 Å². The molecule has 0 radical (unpaired) electrons. The average molecular weight is 311 g/mol. The summed E-state index contributed by atoms with van der Waals surface area (Å²) in [6.07, 6.45) is 3.91. The van der Waals surface area contributed by atoms with Crippen LogP contribution in [0.25, 0.3) is 6.08 Å².